The van der Waals surface area contributed by atoms with Gasteiger partial charge in [0.2, 0.25) is 0 Å². The van der Waals surface area contributed by atoms with Crippen molar-refractivity contribution in [2.45, 2.75) is 101 Å². The molecule has 11 nitrogen and oxygen atoms in total. The molecule has 5 aliphatic heterocycles. The molecule has 300 valence electrons. The van der Waals surface area contributed by atoms with Crippen LogP contribution in [-0.4, -0.2) is 93.2 Å². The predicted molar refractivity (Wildman–Crippen MR) is 183 cm³/mol. The van der Waals surface area contributed by atoms with Crippen LogP contribution in [0.3, 0.4) is 0 Å². The molecule has 4 unspecified atom stereocenters. The number of nitrogen functional groups attached to an aromatic ring is 1. The number of aromatic nitrogens is 4. The Hall–Kier alpha value is -3.97. The monoisotopic (exact) mass is 806 g/mol. The van der Waals surface area contributed by atoms with Crippen molar-refractivity contribution in [3.8, 4) is 6.01 Å². The van der Waals surface area contributed by atoms with Gasteiger partial charge in [0, 0.05) is 49.8 Å². The number of halogens is 9. The van der Waals surface area contributed by atoms with Crippen LogP contribution in [0.15, 0.2) is 12.1 Å². The molecule has 55 heavy (non-hydrogen) atoms. The maximum atomic E-state index is 15.1. The van der Waals surface area contributed by atoms with Gasteiger partial charge in [-0.05, 0) is 57.2 Å². The van der Waals surface area contributed by atoms with Crippen molar-refractivity contribution >= 4 is 29.0 Å². The maximum Gasteiger partial charge on any atom is 0.416 e. The number of benzene rings is 1. The number of nitrogens with two attached hydrogens (primary N) is 1. The number of methoxy groups -OCH3 is 1. The Morgan fingerprint density at radius 3 is 2.51 bits per heavy atom. The standard InChI is InChI=1S/C28H27ClF7N7O3.C7H12FN/c1-45-26-38-16-10-18(20-14(27(31,32)33)5-6-15(37)22(20)30)46-12-13(16)24(39-26)41-7-3-9-43-17(11-41)21(29)23(40-43)25(44)42-8-2-4-19(42)28(34,35)36;8-6-4-7-2-1-3-9(7)5-6/h5-6,18-19H,2-4,7-12,37H2,1H3;6-7H,1-5H2. The minimum absolute atomic E-state index is 0.0277. The summed E-state index contributed by atoms with van der Waals surface area (Å²) in [5.74, 6) is -1.84. The number of hydrogen-bond acceptors (Lipinski definition) is 9. The van der Waals surface area contributed by atoms with E-state index in [1.54, 1.807) is 4.90 Å². The smallest absolute Gasteiger partial charge is 0.416 e. The Bertz CT molecular complexity index is 1920. The van der Waals surface area contributed by atoms with E-state index in [0.29, 0.717) is 55.2 Å². The summed E-state index contributed by atoms with van der Waals surface area (Å²) in [6.07, 6.45) is -7.84. The lowest BCUT2D eigenvalue weighted by Gasteiger charge is -2.31. The minimum atomic E-state index is -4.88. The third-order valence-corrected chi connectivity index (χ3v) is 11.3. The van der Waals surface area contributed by atoms with E-state index in [9.17, 15) is 35.5 Å². The molecule has 5 aliphatic rings. The summed E-state index contributed by atoms with van der Waals surface area (Å²) in [5.41, 5.74) is 3.95. The van der Waals surface area contributed by atoms with Crippen LogP contribution in [0.5, 0.6) is 6.01 Å². The molecular formula is C35H39ClF8N8O3. The fourth-order valence-corrected chi connectivity index (χ4v) is 8.53. The van der Waals surface area contributed by atoms with Gasteiger partial charge in [0.25, 0.3) is 5.91 Å². The van der Waals surface area contributed by atoms with Gasteiger partial charge in [0.1, 0.15) is 18.0 Å². The van der Waals surface area contributed by atoms with E-state index in [2.05, 4.69) is 20.0 Å². The van der Waals surface area contributed by atoms with Crippen molar-refractivity contribution in [2.75, 3.05) is 43.9 Å². The second-order valence-corrected chi connectivity index (χ2v) is 14.7. The second-order valence-electron chi connectivity index (χ2n) is 14.3. The lowest BCUT2D eigenvalue weighted by molar-refractivity contribution is -0.169. The average molecular weight is 807 g/mol. The van der Waals surface area contributed by atoms with Gasteiger partial charge in [-0.15, -0.1) is 0 Å². The largest absolute Gasteiger partial charge is 0.467 e. The van der Waals surface area contributed by atoms with Crippen LogP contribution in [0.25, 0.3) is 0 Å². The Morgan fingerprint density at radius 2 is 1.80 bits per heavy atom. The summed E-state index contributed by atoms with van der Waals surface area (Å²) in [7, 11) is 1.31. The molecule has 3 saturated heterocycles. The highest BCUT2D eigenvalue weighted by Crippen LogP contribution is 2.43. The Balaban J connectivity index is 0.000000449. The summed E-state index contributed by atoms with van der Waals surface area (Å²) in [4.78, 5) is 26.8. The number of carbonyl (C=O) groups is 1. The summed E-state index contributed by atoms with van der Waals surface area (Å²) < 4.78 is 122. The Morgan fingerprint density at radius 1 is 1.04 bits per heavy atom. The first-order chi connectivity index (χ1) is 26.0. The van der Waals surface area contributed by atoms with Crippen molar-refractivity contribution in [2.24, 2.45) is 0 Å². The van der Waals surface area contributed by atoms with Crippen molar-refractivity contribution in [3.63, 3.8) is 0 Å². The molecule has 3 fully saturated rings. The molecule has 2 N–H and O–H groups in total. The Kier molecular flexibility index (Phi) is 10.8. The highest BCUT2D eigenvalue weighted by Gasteiger charge is 2.49. The number of hydrogen-bond donors (Lipinski definition) is 1. The molecule has 3 aromatic rings. The van der Waals surface area contributed by atoms with Crippen LogP contribution in [-0.2, 0) is 37.0 Å². The van der Waals surface area contributed by atoms with Gasteiger partial charge in [-0.1, -0.05) is 11.6 Å². The first-order valence-electron chi connectivity index (χ1n) is 18.0. The molecule has 0 aliphatic carbocycles. The number of ether oxygens (including phenoxy) is 2. The second kappa shape index (κ2) is 15.2. The minimum Gasteiger partial charge on any atom is -0.467 e. The van der Waals surface area contributed by atoms with Gasteiger partial charge < -0.3 is 25.0 Å². The van der Waals surface area contributed by atoms with Crippen molar-refractivity contribution in [3.05, 3.63) is 56.7 Å². The number of aryl methyl sites for hydroxylation is 1. The molecular weight excluding hydrogens is 768 g/mol. The fraction of sp³-hybridized carbons (Fsp3) is 0.600. The molecule has 2 aromatic heterocycles. The van der Waals surface area contributed by atoms with Crippen molar-refractivity contribution < 1.29 is 49.4 Å². The summed E-state index contributed by atoms with van der Waals surface area (Å²) in [5, 5.41) is 4.20. The molecule has 1 amide bonds. The Labute approximate surface area is 315 Å². The quantitative estimate of drug-likeness (QED) is 0.229. The van der Waals surface area contributed by atoms with E-state index in [-0.39, 0.29) is 61.4 Å². The molecule has 0 saturated carbocycles. The van der Waals surface area contributed by atoms with E-state index in [0.717, 1.165) is 23.9 Å². The van der Waals surface area contributed by atoms with E-state index in [1.165, 1.54) is 24.6 Å². The zero-order valence-electron chi connectivity index (χ0n) is 29.7. The number of carbonyl (C=O) groups excluding carboxylic acids is 1. The SMILES string of the molecule is COc1nc2c(c(N3CCCn4nc(C(=O)N5CCCC5C(F)(F)F)c(Cl)c4C3)n1)COC(c1c(C(F)(F)F)ccc(N)c1F)C2.FC1CC2CCCN2C1. The van der Waals surface area contributed by atoms with E-state index < -0.39 is 59.2 Å². The summed E-state index contributed by atoms with van der Waals surface area (Å²) in [6.45, 7) is 2.19. The van der Waals surface area contributed by atoms with E-state index in [4.69, 9.17) is 26.8 Å². The lowest BCUT2D eigenvalue weighted by atomic mass is 9.94. The van der Waals surface area contributed by atoms with Gasteiger partial charge in [-0.3, -0.25) is 14.4 Å². The number of alkyl halides is 7. The van der Waals surface area contributed by atoms with Gasteiger partial charge in [-0.2, -0.15) is 41.4 Å². The van der Waals surface area contributed by atoms with Crippen LogP contribution in [0.1, 0.15) is 83.2 Å². The van der Waals surface area contributed by atoms with Crippen LogP contribution in [0, 0.1) is 5.82 Å². The maximum absolute atomic E-state index is 15.1. The molecule has 8 rings (SSSR count). The normalized spacial score (nSPS) is 24.2. The molecule has 0 radical (unpaired) electrons. The number of anilines is 2. The number of fused-ring (bicyclic) bond motifs is 3. The van der Waals surface area contributed by atoms with Crippen molar-refractivity contribution in [1.82, 2.24) is 29.5 Å². The van der Waals surface area contributed by atoms with Gasteiger partial charge in [0.15, 0.2) is 11.5 Å². The zero-order valence-corrected chi connectivity index (χ0v) is 30.5. The van der Waals surface area contributed by atoms with E-state index >= 15 is 4.39 Å². The average Bonchev–Trinajstić information content (AvgIpc) is 3.90. The fourth-order valence-electron chi connectivity index (χ4n) is 8.25. The van der Waals surface area contributed by atoms with E-state index in [1.807, 2.05) is 0 Å². The highest BCUT2D eigenvalue weighted by atomic mass is 35.5. The van der Waals surface area contributed by atoms with Crippen LogP contribution in [0.2, 0.25) is 5.02 Å². The number of amides is 1. The summed E-state index contributed by atoms with van der Waals surface area (Å²) >= 11 is 6.61. The molecule has 1 aromatic carbocycles. The number of likely N-dealkylation sites (tertiary alicyclic amines) is 1. The van der Waals surface area contributed by atoms with Crippen LogP contribution < -0.4 is 15.4 Å². The molecule has 0 spiro atoms. The van der Waals surface area contributed by atoms with Crippen molar-refractivity contribution in [1.29, 1.82) is 0 Å². The molecule has 4 atom stereocenters. The third kappa shape index (κ3) is 7.75. The molecule has 0 bridgehead atoms. The zero-order chi connectivity index (χ0) is 39.4. The highest BCUT2D eigenvalue weighted by molar-refractivity contribution is 6.34. The topological polar surface area (TPSA) is 115 Å². The van der Waals surface area contributed by atoms with Gasteiger partial charge in [-0.25, -0.2) is 8.78 Å². The summed E-state index contributed by atoms with van der Waals surface area (Å²) in [6, 6.07) is 0.126. The van der Waals surface area contributed by atoms with Gasteiger partial charge in [0.05, 0.1) is 54.0 Å². The first kappa shape index (κ1) is 39.3. The number of rotatable bonds is 4. The predicted octanol–water partition coefficient (Wildman–Crippen LogP) is 6.66. The number of nitrogens with zero attached hydrogens (tertiary/aromatic N) is 7. The molecule has 7 heterocycles. The van der Waals surface area contributed by atoms with Crippen LogP contribution >= 0.6 is 11.6 Å². The van der Waals surface area contributed by atoms with Crippen LogP contribution in [0.4, 0.5) is 46.6 Å². The lowest BCUT2D eigenvalue weighted by Crippen LogP contribution is -2.44. The first-order valence-corrected chi connectivity index (χ1v) is 18.4. The molecule has 20 heteroatoms. The third-order valence-electron chi connectivity index (χ3n) is 10.9. The van der Waals surface area contributed by atoms with Gasteiger partial charge >= 0.3 is 18.4 Å².